The first-order valence-electron chi connectivity index (χ1n) is 9.09. The molecule has 1 aromatic carbocycles. The number of aryl methyl sites for hydroxylation is 2. The summed E-state index contributed by atoms with van der Waals surface area (Å²) in [6.07, 6.45) is 0.421. The third-order valence-electron chi connectivity index (χ3n) is 4.72. The van der Waals surface area contributed by atoms with Gasteiger partial charge in [0.2, 0.25) is 5.91 Å². The topological polar surface area (TPSA) is 90.0 Å². The quantitative estimate of drug-likeness (QED) is 0.741. The Kier molecular flexibility index (Phi) is 5.12. The Morgan fingerprint density at radius 3 is 2.48 bits per heavy atom. The van der Waals surface area contributed by atoms with Gasteiger partial charge >= 0.3 is 0 Å². The van der Waals surface area contributed by atoms with Gasteiger partial charge in [-0.1, -0.05) is 38.1 Å². The fourth-order valence-corrected chi connectivity index (χ4v) is 3.17. The van der Waals surface area contributed by atoms with Crippen molar-refractivity contribution in [1.29, 1.82) is 0 Å². The van der Waals surface area contributed by atoms with E-state index in [9.17, 15) is 9.59 Å². The standard InChI is InChI=1S/C20H24N4O3/c1-6-16(19(25)21-15-9-7-14(8-10-15)11(2)3)24-20(26)18-17(12(4)22-24)13(5)27-23-18/h7-11,16H,6H2,1-5H3,(H,21,25). The average molecular weight is 368 g/mol. The molecule has 142 valence electrons. The van der Waals surface area contributed by atoms with E-state index < -0.39 is 11.6 Å². The Hall–Kier alpha value is -2.96. The molecule has 1 amide bonds. The number of amides is 1. The molecule has 7 heteroatoms. The van der Waals surface area contributed by atoms with Gasteiger partial charge in [-0.3, -0.25) is 9.59 Å². The van der Waals surface area contributed by atoms with Crippen molar-refractivity contribution in [2.75, 3.05) is 5.32 Å². The number of carbonyl (C=O) groups is 1. The normalized spacial score (nSPS) is 12.5. The minimum absolute atomic E-state index is 0.201. The molecule has 0 saturated heterocycles. The molecule has 0 saturated carbocycles. The molecule has 0 aliphatic heterocycles. The molecule has 0 fully saturated rings. The van der Waals surface area contributed by atoms with Crippen LogP contribution in [0.4, 0.5) is 5.69 Å². The number of rotatable bonds is 5. The molecule has 0 aliphatic carbocycles. The molecule has 2 heterocycles. The van der Waals surface area contributed by atoms with E-state index in [-0.39, 0.29) is 11.4 Å². The number of carbonyl (C=O) groups excluding carboxylic acids is 1. The molecular formula is C20H24N4O3. The number of nitrogens with one attached hydrogen (secondary N) is 1. The fourth-order valence-electron chi connectivity index (χ4n) is 3.17. The van der Waals surface area contributed by atoms with Crippen molar-refractivity contribution in [1.82, 2.24) is 14.9 Å². The Morgan fingerprint density at radius 1 is 1.22 bits per heavy atom. The Labute approximate surface area is 157 Å². The summed E-state index contributed by atoms with van der Waals surface area (Å²) < 4.78 is 6.33. The molecule has 1 unspecified atom stereocenters. The predicted octanol–water partition coefficient (Wildman–Crippen LogP) is 3.71. The molecule has 1 atom stereocenters. The molecule has 1 N–H and O–H groups in total. The third kappa shape index (κ3) is 3.49. The zero-order valence-corrected chi connectivity index (χ0v) is 16.2. The minimum Gasteiger partial charge on any atom is -0.360 e. The summed E-state index contributed by atoms with van der Waals surface area (Å²) in [7, 11) is 0. The highest BCUT2D eigenvalue weighted by molar-refractivity contribution is 5.94. The number of nitrogens with zero attached hydrogens (tertiary/aromatic N) is 3. The number of hydrogen-bond donors (Lipinski definition) is 1. The van der Waals surface area contributed by atoms with Gasteiger partial charge in [-0.2, -0.15) is 5.10 Å². The molecular weight excluding hydrogens is 344 g/mol. The number of hydrogen-bond acceptors (Lipinski definition) is 5. The van der Waals surface area contributed by atoms with Gasteiger partial charge in [-0.05, 0) is 43.9 Å². The van der Waals surface area contributed by atoms with E-state index in [1.165, 1.54) is 10.2 Å². The first kappa shape index (κ1) is 18.8. The second-order valence-corrected chi connectivity index (χ2v) is 6.99. The lowest BCUT2D eigenvalue weighted by molar-refractivity contribution is -0.119. The van der Waals surface area contributed by atoms with E-state index in [1.54, 1.807) is 13.8 Å². The Morgan fingerprint density at radius 2 is 1.89 bits per heavy atom. The number of benzene rings is 1. The second-order valence-electron chi connectivity index (χ2n) is 6.99. The first-order valence-corrected chi connectivity index (χ1v) is 9.09. The van der Waals surface area contributed by atoms with Crippen LogP contribution in [0.5, 0.6) is 0 Å². The van der Waals surface area contributed by atoms with Crippen LogP contribution < -0.4 is 10.9 Å². The highest BCUT2D eigenvalue weighted by Gasteiger charge is 2.24. The zero-order valence-electron chi connectivity index (χ0n) is 16.2. The van der Waals surface area contributed by atoms with Crippen LogP contribution in [0.15, 0.2) is 33.6 Å². The van der Waals surface area contributed by atoms with E-state index >= 15 is 0 Å². The maximum atomic E-state index is 12.8. The van der Waals surface area contributed by atoms with Crippen molar-refractivity contribution in [3.63, 3.8) is 0 Å². The van der Waals surface area contributed by atoms with Gasteiger partial charge in [0.05, 0.1) is 11.1 Å². The minimum atomic E-state index is -0.734. The molecule has 3 rings (SSSR count). The van der Waals surface area contributed by atoms with Gasteiger partial charge in [0.15, 0.2) is 5.52 Å². The lowest BCUT2D eigenvalue weighted by atomic mass is 10.0. The van der Waals surface area contributed by atoms with E-state index in [0.717, 1.165) is 0 Å². The highest BCUT2D eigenvalue weighted by Crippen LogP contribution is 2.21. The second kappa shape index (κ2) is 7.34. The number of fused-ring (bicyclic) bond motifs is 1. The maximum absolute atomic E-state index is 12.8. The van der Waals surface area contributed by atoms with E-state index in [2.05, 4.69) is 29.4 Å². The SMILES string of the molecule is CCC(C(=O)Nc1ccc(C(C)C)cc1)n1nc(C)c2c(C)onc2c1=O. The number of aromatic nitrogens is 3. The fraction of sp³-hybridized carbons (Fsp3) is 0.400. The largest absolute Gasteiger partial charge is 0.360 e. The van der Waals surface area contributed by atoms with Crippen LogP contribution in [0.1, 0.15) is 56.2 Å². The smallest absolute Gasteiger partial charge is 0.297 e. The average Bonchev–Trinajstić information content (AvgIpc) is 3.02. The monoisotopic (exact) mass is 368 g/mol. The van der Waals surface area contributed by atoms with Crippen LogP contribution in [-0.2, 0) is 4.79 Å². The third-order valence-corrected chi connectivity index (χ3v) is 4.72. The van der Waals surface area contributed by atoms with Crippen LogP contribution in [0.2, 0.25) is 0 Å². The van der Waals surface area contributed by atoms with E-state index in [1.807, 2.05) is 31.2 Å². The van der Waals surface area contributed by atoms with Gasteiger partial charge in [-0.25, -0.2) is 4.68 Å². The summed E-state index contributed by atoms with van der Waals surface area (Å²) in [5.41, 5.74) is 2.26. The zero-order chi connectivity index (χ0) is 19.7. The Bertz CT molecular complexity index is 1030. The van der Waals surface area contributed by atoms with Crippen LogP contribution in [-0.4, -0.2) is 20.8 Å². The van der Waals surface area contributed by atoms with Crippen molar-refractivity contribution in [2.45, 2.75) is 53.0 Å². The summed E-state index contributed by atoms with van der Waals surface area (Å²) >= 11 is 0. The molecule has 0 spiro atoms. The maximum Gasteiger partial charge on any atom is 0.297 e. The van der Waals surface area contributed by atoms with E-state index in [0.29, 0.717) is 34.9 Å². The molecule has 27 heavy (non-hydrogen) atoms. The van der Waals surface area contributed by atoms with Gasteiger partial charge in [0.1, 0.15) is 11.8 Å². The molecule has 0 radical (unpaired) electrons. The summed E-state index contributed by atoms with van der Waals surface area (Å²) in [6.45, 7) is 9.58. The van der Waals surface area contributed by atoms with Crippen molar-refractivity contribution in [3.8, 4) is 0 Å². The summed E-state index contributed by atoms with van der Waals surface area (Å²) in [5, 5.41) is 11.7. The van der Waals surface area contributed by atoms with Gasteiger partial charge in [-0.15, -0.1) is 0 Å². The van der Waals surface area contributed by atoms with Crippen molar-refractivity contribution in [2.24, 2.45) is 0 Å². The van der Waals surface area contributed by atoms with Crippen LogP contribution in [0.25, 0.3) is 10.9 Å². The van der Waals surface area contributed by atoms with Crippen molar-refractivity contribution in [3.05, 3.63) is 51.6 Å². The van der Waals surface area contributed by atoms with Crippen molar-refractivity contribution >= 4 is 22.5 Å². The van der Waals surface area contributed by atoms with Gasteiger partial charge in [0, 0.05) is 5.69 Å². The summed E-state index contributed by atoms with van der Waals surface area (Å²) in [6, 6.07) is 6.97. The summed E-state index contributed by atoms with van der Waals surface area (Å²) in [5.74, 6) is 0.673. The summed E-state index contributed by atoms with van der Waals surface area (Å²) in [4.78, 5) is 25.6. The van der Waals surface area contributed by atoms with Crippen LogP contribution in [0, 0.1) is 13.8 Å². The van der Waals surface area contributed by atoms with Gasteiger partial charge < -0.3 is 9.84 Å². The van der Waals surface area contributed by atoms with Crippen LogP contribution in [0.3, 0.4) is 0 Å². The predicted molar refractivity (Wildman–Crippen MR) is 104 cm³/mol. The van der Waals surface area contributed by atoms with E-state index in [4.69, 9.17) is 4.52 Å². The van der Waals surface area contributed by atoms with Crippen molar-refractivity contribution < 1.29 is 9.32 Å². The van der Waals surface area contributed by atoms with Gasteiger partial charge in [0.25, 0.3) is 5.56 Å². The molecule has 0 bridgehead atoms. The molecule has 0 aliphatic rings. The first-order chi connectivity index (χ1) is 12.8. The Balaban J connectivity index is 1.92. The number of anilines is 1. The lowest BCUT2D eigenvalue weighted by Crippen LogP contribution is -2.35. The van der Waals surface area contributed by atoms with Crippen LogP contribution >= 0.6 is 0 Å². The molecule has 3 aromatic rings. The molecule has 7 nitrogen and oxygen atoms in total. The highest BCUT2D eigenvalue weighted by atomic mass is 16.5. The lowest BCUT2D eigenvalue weighted by Gasteiger charge is -2.17. The molecule has 2 aromatic heterocycles.